The fourth-order valence-electron chi connectivity index (χ4n) is 0.275. The Morgan fingerprint density at radius 3 is 2.43 bits per heavy atom. The summed E-state index contributed by atoms with van der Waals surface area (Å²) in [6.07, 6.45) is 0.117. The van der Waals surface area contributed by atoms with Crippen LogP contribution in [-0.4, -0.2) is 27.0 Å². The summed E-state index contributed by atoms with van der Waals surface area (Å²) in [6.45, 7) is 0. The van der Waals surface area contributed by atoms with E-state index in [-0.39, 0.29) is 12.1 Å². The molecule has 3 nitrogen and oxygen atoms in total. The number of hydrogen-bond acceptors (Lipinski definition) is 2. The summed E-state index contributed by atoms with van der Waals surface area (Å²) < 4.78 is 0. The minimum Gasteiger partial charge on any atom is -0.481 e. The van der Waals surface area contributed by atoms with Gasteiger partial charge in [0.2, 0.25) is 0 Å². The smallest absolute Gasteiger partial charge is 0.304 e. The zero-order chi connectivity index (χ0) is 5.86. The van der Waals surface area contributed by atoms with Gasteiger partial charge in [0, 0.05) is 10.2 Å². The molecule has 7 heavy (non-hydrogen) atoms. The molecule has 42 valence electrons. The van der Waals surface area contributed by atoms with Gasteiger partial charge < -0.3 is 10.8 Å². The first-order chi connectivity index (χ1) is 3.13. The molecule has 0 radical (unpaired) electrons. The Labute approximate surface area is 44.9 Å². The van der Waals surface area contributed by atoms with Crippen molar-refractivity contribution in [3.63, 3.8) is 0 Å². The minimum absolute atomic E-state index is 0.0856. The van der Waals surface area contributed by atoms with Crippen molar-refractivity contribution in [3.8, 4) is 0 Å². The molecule has 0 aromatic rings. The van der Waals surface area contributed by atoms with E-state index in [4.69, 9.17) is 10.8 Å². The lowest BCUT2D eigenvalue weighted by molar-refractivity contribution is -0.136. The van der Waals surface area contributed by atoms with Crippen LogP contribution in [0.4, 0.5) is 0 Å². The molecular formula is C3H9NO2Si. The van der Waals surface area contributed by atoms with Gasteiger partial charge >= 0.3 is 5.97 Å². The summed E-state index contributed by atoms with van der Waals surface area (Å²) in [4.78, 5) is 9.75. The van der Waals surface area contributed by atoms with Gasteiger partial charge in [-0.1, -0.05) is 0 Å². The Kier molecular flexibility index (Phi) is 2.62. The maximum atomic E-state index is 9.75. The number of carboxylic acids is 1. The number of nitrogens with two attached hydrogens (primary N) is 1. The second kappa shape index (κ2) is 2.76. The Morgan fingerprint density at radius 1 is 2.00 bits per heavy atom. The Hall–Kier alpha value is -0.353. The van der Waals surface area contributed by atoms with Crippen molar-refractivity contribution in [2.45, 2.75) is 12.1 Å². The van der Waals surface area contributed by atoms with Crippen LogP contribution in [0.2, 0.25) is 0 Å². The predicted octanol–water partition coefficient (Wildman–Crippen LogP) is -1.89. The SMILES string of the molecule is NC([SiH3])CC(=O)O. The highest BCUT2D eigenvalue weighted by Crippen LogP contribution is 1.78. The van der Waals surface area contributed by atoms with Gasteiger partial charge in [-0.15, -0.1) is 0 Å². The summed E-state index contributed by atoms with van der Waals surface area (Å²) in [5, 5.41) is 8.03. The van der Waals surface area contributed by atoms with E-state index in [0.717, 1.165) is 10.2 Å². The molecule has 0 heterocycles. The highest BCUT2D eigenvalue weighted by Gasteiger charge is 1.98. The highest BCUT2D eigenvalue weighted by molar-refractivity contribution is 6.12. The van der Waals surface area contributed by atoms with Gasteiger partial charge in [-0.05, 0) is 5.67 Å². The maximum absolute atomic E-state index is 9.75. The summed E-state index contributed by atoms with van der Waals surface area (Å²) in [7, 11) is 0.764. The van der Waals surface area contributed by atoms with E-state index >= 15 is 0 Å². The van der Waals surface area contributed by atoms with Crippen molar-refractivity contribution in [2.75, 3.05) is 0 Å². The second-order valence-electron chi connectivity index (χ2n) is 1.58. The second-order valence-corrected chi connectivity index (χ2v) is 3.06. The Morgan fingerprint density at radius 2 is 2.43 bits per heavy atom. The molecule has 0 aliphatic heterocycles. The third-order valence-corrected chi connectivity index (χ3v) is 0.905. The van der Waals surface area contributed by atoms with Crippen LogP contribution in [0.15, 0.2) is 0 Å². The molecule has 1 atom stereocenters. The monoisotopic (exact) mass is 119 g/mol. The largest absolute Gasteiger partial charge is 0.481 e. The topological polar surface area (TPSA) is 63.3 Å². The molecule has 0 aromatic heterocycles. The predicted molar refractivity (Wildman–Crippen MR) is 30.2 cm³/mol. The fraction of sp³-hybridized carbons (Fsp3) is 0.667. The molecule has 0 saturated carbocycles. The average Bonchev–Trinajstić information content (AvgIpc) is 1.27. The van der Waals surface area contributed by atoms with Crippen molar-refractivity contribution in [3.05, 3.63) is 0 Å². The molecule has 0 amide bonds. The molecule has 0 saturated heterocycles. The van der Waals surface area contributed by atoms with E-state index in [1.807, 2.05) is 0 Å². The van der Waals surface area contributed by atoms with Gasteiger partial charge in [-0.3, -0.25) is 4.79 Å². The molecule has 0 aromatic carbocycles. The molecule has 4 heteroatoms. The van der Waals surface area contributed by atoms with Gasteiger partial charge in [0.15, 0.2) is 0 Å². The molecule has 0 spiro atoms. The Balaban J connectivity index is 3.13. The number of aliphatic carboxylic acids is 1. The van der Waals surface area contributed by atoms with E-state index in [1.54, 1.807) is 0 Å². The molecule has 0 fully saturated rings. The lowest BCUT2D eigenvalue weighted by Crippen LogP contribution is -2.23. The first-order valence-corrected chi connectivity index (χ1v) is 3.25. The zero-order valence-electron chi connectivity index (χ0n) is 4.22. The lowest BCUT2D eigenvalue weighted by Gasteiger charge is -1.95. The zero-order valence-corrected chi connectivity index (χ0v) is 6.22. The molecule has 0 rings (SSSR count). The molecule has 3 N–H and O–H groups in total. The normalized spacial score (nSPS) is 13.9. The number of rotatable bonds is 2. The summed E-state index contributed by atoms with van der Waals surface area (Å²) in [5.41, 5.74) is 5.09. The highest BCUT2D eigenvalue weighted by atomic mass is 28.1. The van der Waals surface area contributed by atoms with Crippen LogP contribution in [0, 0.1) is 0 Å². The van der Waals surface area contributed by atoms with Crippen LogP contribution in [0.5, 0.6) is 0 Å². The first-order valence-electron chi connectivity index (χ1n) is 2.10. The standard InChI is InChI=1S/C3H9NO2Si/c4-2(7)1-3(5)6/h2H,1,4H2,7H3,(H,5,6). The third kappa shape index (κ3) is 5.65. The van der Waals surface area contributed by atoms with Crippen LogP contribution >= 0.6 is 0 Å². The van der Waals surface area contributed by atoms with Crippen LogP contribution in [0.3, 0.4) is 0 Å². The van der Waals surface area contributed by atoms with Crippen molar-refractivity contribution in [1.29, 1.82) is 0 Å². The minimum atomic E-state index is -0.803. The number of carboxylic acid groups (broad SMARTS) is 1. The van der Waals surface area contributed by atoms with Crippen LogP contribution in [-0.2, 0) is 4.79 Å². The molecule has 0 bridgehead atoms. The van der Waals surface area contributed by atoms with Crippen LogP contribution < -0.4 is 5.73 Å². The van der Waals surface area contributed by atoms with Crippen molar-refractivity contribution in [1.82, 2.24) is 0 Å². The lowest BCUT2D eigenvalue weighted by atomic mass is 10.4. The fourth-order valence-corrected chi connectivity index (χ4v) is 0.625. The van der Waals surface area contributed by atoms with Crippen molar-refractivity contribution < 1.29 is 9.90 Å². The van der Waals surface area contributed by atoms with E-state index < -0.39 is 5.97 Å². The van der Waals surface area contributed by atoms with Gasteiger partial charge in [-0.25, -0.2) is 0 Å². The molecule has 0 aliphatic rings. The molecular weight excluding hydrogens is 110 g/mol. The summed E-state index contributed by atoms with van der Waals surface area (Å²) in [5.74, 6) is -0.803. The molecule has 1 unspecified atom stereocenters. The number of hydrogen-bond donors (Lipinski definition) is 2. The maximum Gasteiger partial charge on any atom is 0.304 e. The third-order valence-electron chi connectivity index (χ3n) is 0.497. The van der Waals surface area contributed by atoms with Crippen LogP contribution in [0.25, 0.3) is 0 Å². The van der Waals surface area contributed by atoms with E-state index in [9.17, 15) is 4.79 Å². The van der Waals surface area contributed by atoms with Gasteiger partial charge in [-0.2, -0.15) is 0 Å². The Bertz CT molecular complexity index is 73.3. The van der Waals surface area contributed by atoms with Crippen molar-refractivity contribution in [2.24, 2.45) is 5.73 Å². The molecule has 0 aliphatic carbocycles. The van der Waals surface area contributed by atoms with Crippen LogP contribution in [0.1, 0.15) is 6.42 Å². The summed E-state index contributed by atoms with van der Waals surface area (Å²) in [6, 6.07) is 0. The van der Waals surface area contributed by atoms with E-state index in [1.165, 1.54) is 0 Å². The quantitative estimate of drug-likeness (QED) is 0.418. The summed E-state index contributed by atoms with van der Waals surface area (Å²) >= 11 is 0. The van der Waals surface area contributed by atoms with Crippen molar-refractivity contribution >= 4 is 16.2 Å². The average molecular weight is 119 g/mol. The van der Waals surface area contributed by atoms with E-state index in [2.05, 4.69) is 0 Å². The van der Waals surface area contributed by atoms with Gasteiger partial charge in [0.1, 0.15) is 0 Å². The number of carbonyl (C=O) groups is 1. The van der Waals surface area contributed by atoms with E-state index in [0.29, 0.717) is 0 Å². The first kappa shape index (κ1) is 6.65. The van der Waals surface area contributed by atoms with Gasteiger partial charge in [0.05, 0.1) is 6.42 Å². The van der Waals surface area contributed by atoms with Gasteiger partial charge in [0.25, 0.3) is 0 Å².